The van der Waals surface area contributed by atoms with E-state index in [-0.39, 0.29) is 12.1 Å². The largest absolute Gasteiger partial charge is 0.480 e. The van der Waals surface area contributed by atoms with Gasteiger partial charge in [0.25, 0.3) is 0 Å². The fourth-order valence-corrected chi connectivity index (χ4v) is 2.35. The van der Waals surface area contributed by atoms with Crippen molar-refractivity contribution in [1.82, 2.24) is 5.32 Å². The molecule has 2 fully saturated rings. The number of carboxylic acids is 1. The van der Waals surface area contributed by atoms with E-state index in [9.17, 15) is 4.79 Å². The summed E-state index contributed by atoms with van der Waals surface area (Å²) in [5, 5.41) is 11.6. The maximum Gasteiger partial charge on any atom is 0.317 e. The summed E-state index contributed by atoms with van der Waals surface area (Å²) < 4.78 is 5.75. The van der Waals surface area contributed by atoms with Gasteiger partial charge in [0, 0.05) is 12.6 Å². The summed E-state index contributed by atoms with van der Waals surface area (Å²) in [6.45, 7) is 0.845. The molecule has 0 aromatic rings. The molecule has 1 aliphatic heterocycles. The average Bonchev–Trinajstić information content (AvgIpc) is 2.13. The van der Waals surface area contributed by atoms with Crippen molar-refractivity contribution in [1.29, 1.82) is 0 Å². The standard InChI is InChI=1S/C10H17NO3/c12-9(13)7-11-8-2-5-14-10(6-8)3-1-4-10/h8,11H,1-7H2,(H,12,13). The van der Waals surface area contributed by atoms with Crippen molar-refractivity contribution in [2.45, 2.75) is 43.7 Å². The van der Waals surface area contributed by atoms with Gasteiger partial charge in [0.15, 0.2) is 0 Å². The molecule has 2 aliphatic rings. The second kappa shape index (κ2) is 3.87. The van der Waals surface area contributed by atoms with Gasteiger partial charge in [-0.2, -0.15) is 0 Å². The van der Waals surface area contributed by atoms with Crippen molar-refractivity contribution in [2.24, 2.45) is 0 Å². The van der Waals surface area contributed by atoms with Crippen LogP contribution in [0.15, 0.2) is 0 Å². The second-order valence-electron chi connectivity index (χ2n) is 4.35. The number of hydrogen-bond donors (Lipinski definition) is 2. The zero-order valence-corrected chi connectivity index (χ0v) is 8.29. The Morgan fingerprint density at radius 3 is 2.93 bits per heavy atom. The molecule has 14 heavy (non-hydrogen) atoms. The lowest BCUT2D eigenvalue weighted by molar-refractivity contribution is -0.141. The first kappa shape index (κ1) is 9.93. The quantitative estimate of drug-likeness (QED) is 0.704. The molecule has 1 saturated carbocycles. The lowest BCUT2D eigenvalue weighted by atomic mass is 9.74. The summed E-state index contributed by atoms with van der Waals surface area (Å²) in [5.74, 6) is -0.779. The number of aliphatic carboxylic acids is 1. The van der Waals surface area contributed by atoms with Crippen molar-refractivity contribution in [3.63, 3.8) is 0 Å². The minimum atomic E-state index is -0.779. The summed E-state index contributed by atoms with van der Waals surface area (Å²) >= 11 is 0. The van der Waals surface area contributed by atoms with Crippen LogP contribution in [-0.2, 0) is 9.53 Å². The highest BCUT2D eigenvalue weighted by atomic mass is 16.5. The SMILES string of the molecule is O=C(O)CNC1CCOC2(CCC2)C1. The van der Waals surface area contributed by atoms with Crippen LogP contribution in [0.1, 0.15) is 32.1 Å². The van der Waals surface area contributed by atoms with Crippen molar-refractivity contribution in [3.8, 4) is 0 Å². The number of carboxylic acid groups (broad SMARTS) is 1. The maximum absolute atomic E-state index is 10.4. The summed E-state index contributed by atoms with van der Waals surface area (Å²) in [5.41, 5.74) is 0.106. The molecular formula is C10H17NO3. The van der Waals surface area contributed by atoms with Crippen LogP contribution in [0.3, 0.4) is 0 Å². The zero-order chi connectivity index (χ0) is 10.0. The number of rotatable bonds is 3. The van der Waals surface area contributed by atoms with Crippen LogP contribution in [0.5, 0.6) is 0 Å². The molecule has 4 heteroatoms. The Morgan fingerprint density at radius 1 is 1.57 bits per heavy atom. The van der Waals surface area contributed by atoms with Crippen LogP contribution >= 0.6 is 0 Å². The molecule has 0 aromatic heterocycles. The van der Waals surface area contributed by atoms with Gasteiger partial charge in [-0.05, 0) is 32.1 Å². The van der Waals surface area contributed by atoms with E-state index in [0.29, 0.717) is 6.04 Å². The molecule has 1 heterocycles. The molecule has 2 rings (SSSR count). The highest BCUT2D eigenvalue weighted by Gasteiger charge is 2.42. The first-order chi connectivity index (χ1) is 6.70. The number of nitrogens with one attached hydrogen (secondary N) is 1. The van der Waals surface area contributed by atoms with E-state index in [1.807, 2.05) is 0 Å². The Bertz CT molecular complexity index is 225. The molecule has 1 unspecified atom stereocenters. The molecule has 0 amide bonds. The zero-order valence-electron chi connectivity index (χ0n) is 8.29. The van der Waals surface area contributed by atoms with Crippen molar-refractivity contribution < 1.29 is 14.6 Å². The van der Waals surface area contributed by atoms with Gasteiger partial charge >= 0.3 is 5.97 Å². The number of ether oxygens (including phenoxy) is 1. The van der Waals surface area contributed by atoms with E-state index in [4.69, 9.17) is 9.84 Å². The van der Waals surface area contributed by atoms with E-state index in [1.54, 1.807) is 0 Å². The molecule has 1 aliphatic carbocycles. The Morgan fingerprint density at radius 2 is 2.36 bits per heavy atom. The Balaban J connectivity index is 1.79. The van der Waals surface area contributed by atoms with Crippen molar-refractivity contribution >= 4 is 5.97 Å². The summed E-state index contributed by atoms with van der Waals surface area (Å²) in [4.78, 5) is 10.4. The third-order valence-electron chi connectivity index (χ3n) is 3.30. The van der Waals surface area contributed by atoms with Crippen molar-refractivity contribution in [2.75, 3.05) is 13.2 Å². The monoisotopic (exact) mass is 199 g/mol. The highest BCUT2D eigenvalue weighted by Crippen LogP contribution is 2.42. The van der Waals surface area contributed by atoms with Gasteiger partial charge in [-0.25, -0.2) is 0 Å². The summed E-state index contributed by atoms with van der Waals surface area (Å²) in [6, 6.07) is 0.333. The van der Waals surface area contributed by atoms with Crippen LogP contribution in [0.25, 0.3) is 0 Å². The molecular weight excluding hydrogens is 182 g/mol. The summed E-state index contributed by atoms with van der Waals surface area (Å²) in [7, 11) is 0. The fraction of sp³-hybridized carbons (Fsp3) is 0.900. The predicted octanol–water partition coefficient (Wildman–Crippen LogP) is 0.762. The van der Waals surface area contributed by atoms with E-state index < -0.39 is 5.97 Å². The molecule has 0 aromatic carbocycles. The normalized spacial score (nSPS) is 29.9. The predicted molar refractivity (Wildman–Crippen MR) is 51.2 cm³/mol. The van der Waals surface area contributed by atoms with Gasteiger partial charge in [-0.3, -0.25) is 4.79 Å². The van der Waals surface area contributed by atoms with Crippen LogP contribution in [-0.4, -0.2) is 35.9 Å². The molecule has 80 valence electrons. The second-order valence-corrected chi connectivity index (χ2v) is 4.35. The van der Waals surface area contributed by atoms with Gasteiger partial charge < -0.3 is 15.2 Å². The minimum absolute atomic E-state index is 0.0702. The number of hydrogen-bond acceptors (Lipinski definition) is 3. The summed E-state index contributed by atoms with van der Waals surface area (Å²) in [6.07, 6.45) is 5.48. The van der Waals surface area contributed by atoms with Gasteiger partial charge in [0.2, 0.25) is 0 Å². The van der Waals surface area contributed by atoms with Gasteiger partial charge in [-0.1, -0.05) is 0 Å². The molecule has 2 N–H and O–H groups in total. The third kappa shape index (κ3) is 2.07. The van der Waals surface area contributed by atoms with Gasteiger partial charge in [0.1, 0.15) is 0 Å². The molecule has 0 bridgehead atoms. The first-order valence-electron chi connectivity index (χ1n) is 5.29. The molecule has 4 nitrogen and oxygen atoms in total. The third-order valence-corrected chi connectivity index (χ3v) is 3.30. The van der Waals surface area contributed by atoms with Crippen LogP contribution in [0.4, 0.5) is 0 Å². The van der Waals surface area contributed by atoms with E-state index in [1.165, 1.54) is 6.42 Å². The van der Waals surface area contributed by atoms with E-state index >= 15 is 0 Å². The fourth-order valence-electron chi connectivity index (χ4n) is 2.35. The van der Waals surface area contributed by atoms with Gasteiger partial charge in [0.05, 0.1) is 12.1 Å². The maximum atomic E-state index is 10.4. The molecule has 1 saturated heterocycles. The average molecular weight is 199 g/mol. The van der Waals surface area contributed by atoms with Gasteiger partial charge in [-0.15, -0.1) is 0 Å². The Kier molecular flexibility index (Phi) is 2.74. The van der Waals surface area contributed by atoms with Crippen LogP contribution < -0.4 is 5.32 Å². The molecule has 1 spiro atoms. The van der Waals surface area contributed by atoms with E-state index in [0.717, 1.165) is 32.3 Å². The van der Waals surface area contributed by atoms with Crippen LogP contribution in [0, 0.1) is 0 Å². The van der Waals surface area contributed by atoms with Crippen LogP contribution in [0.2, 0.25) is 0 Å². The first-order valence-corrected chi connectivity index (χ1v) is 5.29. The Labute approximate surface area is 83.6 Å². The minimum Gasteiger partial charge on any atom is -0.480 e. The molecule has 0 radical (unpaired) electrons. The lowest BCUT2D eigenvalue weighted by Crippen LogP contribution is -2.51. The smallest absolute Gasteiger partial charge is 0.317 e. The topological polar surface area (TPSA) is 58.6 Å². The lowest BCUT2D eigenvalue weighted by Gasteiger charge is -2.47. The molecule has 1 atom stereocenters. The van der Waals surface area contributed by atoms with Crippen molar-refractivity contribution in [3.05, 3.63) is 0 Å². The Hall–Kier alpha value is -0.610. The highest BCUT2D eigenvalue weighted by molar-refractivity contribution is 5.69. The number of carbonyl (C=O) groups is 1. The van der Waals surface area contributed by atoms with E-state index in [2.05, 4.69) is 5.32 Å².